The second kappa shape index (κ2) is 3.34. The smallest absolute Gasteiger partial charge is 0.129 e. The van der Waals surface area contributed by atoms with Gasteiger partial charge in [0.2, 0.25) is 0 Å². The Morgan fingerprint density at radius 3 is 2.21 bits per heavy atom. The third-order valence-electron chi connectivity index (χ3n) is 3.03. The van der Waals surface area contributed by atoms with Crippen LogP contribution >= 0.6 is 0 Å². The summed E-state index contributed by atoms with van der Waals surface area (Å²) in [5.41, 5.74) is 0.0745. The highest BCUT2D eigenvalue weighted by molar-refractivity contribution is 5.22. The van der Waals surface area contributed by atoms with Crippen molar-refractivity contribution in [3.8, 4) is 0 Å². The van der Waals surface area contributed by atoms with Crippen LogP contribution in [0.15, 0.2) is 18.2 Å². The maximum Gasteiger partial charge on any atom is 0.129 e. The largest absolute Gasteiger partial charge is 0.207 e. The minimum absolute atomic E-state index is 0.122. The van der Waals surface area contributed by atoms with Crippen molar-refractivity contribution in [3.05, 3.63) is 42.3 Å². The Labute approximate surface area is 82.9 Å². The molecule has 1 aliphatic carbocycles. The minimum Gasteiger partial charge on any atom is -0.207 e. The van der Waals surface area contributed by atoms with Crippen LogP contribution in [0.4, 0.5) is 8.78 Å². The molecule has 1 aliphatic rings. The molecule has 0 spiro atoms. The molecule has 0 saturated heterocycles. The van der Waals surface area contributed by atoms with Crippen molar-refractivity contribution in [2.75, 3.05) is 0 Å². The third-order valence-corrected chi connectivity index (χ3v) is 3.03. The molecule has 0 amide bonds. The van der Waals surface area contributed by atoms with Gasteiger partial charge in [-0.05, 0) is 43.7 Å². The second-order valence-corrected chi connectivity index (χ2v) is 4.23. The molecule has 1 aromatic carbocycles. The Morgan fingerprint density at radius 2 is 1.79 bits per heavy atom. The van der Waals surface area contributed by atoms with E-state index in [1.807, 2.05) is 0 Å². The standard InChI is InChI=1S/C12H13F2/c1-12(6-3-7-12)8-9-10(13)4-2-5-11(9)14/h2,4-5H,1,3,6-8H2. The van der Waals surface area contributed by atoms with Crippen LogP contribution in [0.1, 0.15) is 24.8 Å². The summed E-state index contributed by atoms with van der Waals surface area (Å²) in [4.78, 5) is 0. The highest BCUT2D eigenvalue weighted by atomic mass is 19.1. The number of rotatable bonds is 2. The minimum atomic E-state index is -0.445. The van der Waals surface area contributed by atoms with Gasteiger partial charge in [-0.25, -0.2) is 8.78 Å². The van der Waals surface area contributed by atoms with Crippen molar-refractivity contribution in [2.24, 2.45) is 5.41 Å². The average Bonchev–Trinajstić information content (AvgIpc) is 2.09. The van der Waals surface area contributed by atoms with Crippen LogP contribution in [0.2, 0.25) is 0 Å². The predicted molar refractivity (Wildman–Crippen MR) is 51.7 cm³/mol. The maximum atomic E-state index is 13.3. The summed E-state index contributed by atoms with van der Waals surface area (Å²) in [7, 11) is 0. The van der Waals surface area contributed by atoms with E-state index in [9.17, 15) is 8.78 Å². The van der Waals surface area contributed by atoms with E-state index in [0.29, 0.717) is 6.42 Å². The van der Waals surface area contributed by atoms with E-state index in [2.05, 4.69) is 6.92 Å². The van der Waals surface area contributed by atoms with Gasteiger partial charge < -0.3 is 0 Å². The topological polar surface area (TPSA) is 0 Å². The Bertz CT molecular complexity index is 320. The lowest BCUT2D eigenvalue weighted by atomic mass is 9.67. The maximum absolute atomic E-state index is 13.3. The summed E-state index contributed by atoms with van der Waals surface area (Å²) < 4.78 is 26.5. The van der Waals surface area contributed by atoms with E-state index in [1.165, 1.54) is 18.2 Å². The van der Waals surface area contributed by atoms with Crippen molar-refractivity contribution >= 4 is 0 Å². The molecule has 0 bridgehead atoms. The first-order valence-corrected chi connectivity index (χ1v) is 4.89. The number of benzene rings is 1. The number of hydrogen-bond donors (Lipinski definition) is 0. The normalized spacial score (nSPS) is 19.1. The van der Waals surface area contributed by atoms with Gasteiger partial charge >= 0.3 is 0 Å². The van der Waals surface area contributed by atoms with Crippen LogP contribution in [0.25, 0.3) is 0 Å². The van der Waals surface area contributed by atoms with Crippen LogP contribution in [-0.4, -0.2) is 0 Å². The molecule has 0 atom stereocenters. The molecule has 14 heavy (non-hydrogen) atoms. The van der Waals surface area contributed by atoms with Gasteiger partial charge in [0.15, 0.2) is 0 Å². The van der Waals surface area contributed by atoms with E-state index in [0.717, 1.165) is 19.3 Å². The van der Waals surface area contributed by atoms with Gasteiger partial charge in [-0.15, -0.1) is 0 Å². The van der Waals surface area contributed by atoms with Crippen LogP contribution in [0, 0.1) is 24.0 Å². The van der Waals surface area contributed by atoms with E-state index < -0.39 is 11.6 Å². The zero-order chi connectivity index (χ0) is 10.2. The number of halogens is 2. The lowest BCUT2D eigenvalue weighted by Gasteiger charge is -2.38. The van der Waals surface area contributed by atoms with E-state index in [-0.39, 0.29) is 11.0 Å². The van der Waals surface area contributed by atoms with Crippen LogP contribution < -0.4 is 0 Å². The van der Waals surface area contributed by atoms with Gasteiger partial charge in [0.05, 0.1) is 0 Å². The summed E-state index contributed by atoms with van der Waals surface area (Å²) in [6.45, 7) is 4.02. The molecule has 2 rings (SSSR count). The lowest BCUT2D eigenvalue weighted by Crippen LogP contribution is -2.29. The first-order valence-electron chi connectivity index (χ1n) is 4.89. The van der Waals surface area contributed by atoms with Crippen molar-refractivity contribution in [3.63, 3.8) is 0 Å². The van der Waals surface area contributed by atoms with E-state index in [1.54, 1.807) is 0 Å². The van der Waals surface area contributed by atoms with Gasteiger partial charge in [0.25, 0.3) is 0 Å². The first-order chi connectivity index (χ1) is 6.61. The quantitative estimate of drug-likeness (QED) is 0.677. The Balaban J connectivity index is 2.23. The molecule has 0 aliphatic heterocycles. The van der Waals surface area contributed by atoms with Gasteiger partial charge in [0.1, 0.15) is 11.6 Å². The fourth-order valence-electron chi connectivity index (χ4n) is 1.93. The Morgan fingerprint density at radius 1 is 1.21 bits per heavy atom. The molecule has 0 aromatic heterocycles. The molecule has 1 saturated carbocycles. The summed E-state index contributed by atoms with van der Waals surface area (Å²) >= 11 is 0. The molecule has 0 heterocycles. The molecule has 1 radical (unpaired) electrons. The van der Waals surface area contributed by atoms with Crippen molar-refractivity contribution in [2.45, 2.75) is 25.7 Å². The molecule has 2 heteroatoms. The highest BCUT2D eigenvalue weighted by Crippen LogP contribution is 2.43. The van der Waals surface area contributed by atoms with Crippen LogP contribution in [-0.2, 0) is 6.42 Å². The predicted octanol–water partition coefficient (Wildman–Crippen LogP) is 3.51. The van der Waals surface area contributed by atoms with Crippen LogP contribution in [0.3, 0.4) is 0 Å². The highest BCUT2D eigenvalue weighted by Gasteiger charge is 2.33. The summed E-state index contributed by atoms with van der Waals surface area (Å²) in [5.74, 6) is -0.889. The third kappa shape index (κ3) is 1.66. The molecule has 0 N–H and O–H groups in total. The van der Waals surface area contributed by atoms with Gasteiger partial charge in [-0.3, -0.25) is 0 Å². The molecule has 0 nitrogen and oxygen atoms in total. The Hall–Kier alpha value is -0.920. The summed E-state index contributed by atoms with van der Waals surface area (Å²) in [6, 6.07) is 4.01. The van der Waals surface area contributed by atoms with Crippen molar-refractivity contribution in [1.82, 2.24) is 0 Å². The van der Waals surface area contributed by atoms with E-state index >= 15 is 0 Å². The summed E-state index contributed by atoms with van der Waals surface area (Å²) in [6.07, 6.45) is 3.49. The Kier molecular flexibility index (Phi) is 2.30. The second-order valence-electron chi connectivity index (χ2n) is 4.23. The zero-order valence-electron chi connectivity index (χ0n) is 8.02. The molecule has 1 fully saturated rings. The SMILES string of the molecule is [CH2]C1(Cc2c(F)cccc2F)CCC1. The first kappa shape index (κ1) is 9.63. The fraction of sp³-hybridized carbons (Fsp3) is 0.417. The van der Waals surface area contributed by atoms with Crippen LogP contribution in [0.5, 0.6) is 0 Å². The summed E-state index contributed by atoms with van der Waals surface area (Å²) in [5, 5.41) is 0. The molecule has 1 aromatic rings. The van der Waals surface area contributed by atoms with Crippen molar-refractivity contribution < 1.29 is 8.78 Å². The van der Waals surface area contributed by atoms with Crippen molar-refractivity contribution in [1.29, 1.82) is 0 Å². The van der Waals surface area contributed by atoms with Gasteiger partial charge in [0, 0.05) is 5.56 Å². The monoisotopic (exact) mass is 195 g/mol. The number of hydrogen-bond acceptors (Lipinski definition) is 0. The molecule has 75 valence electrons. The van der Waals surface area contributed by atoms with Gasteiger partial charge in [-0.2, -0.15) is 0 Å². The van der Waals surface area contributed by atoms with Gasteiger partial charge in [-0.1, -0.05) is 12.5 Å². The zero-order valence-corrected chi connectivity index (χ0v) is 8.02. The molecular formula is C12H13F2. The van der Waals surface area contributed by atoms with E-state index in [4.69, 9.17) is 0 Å². The fourth-order valence-corrected chi connectivity index (χ4v) is 1.93. The average molecular weight is 195 g/mol. The molecular weight excluding hydrogens is 182 g/mol. The molecule has 0 unspecified atom stereocenters. The lowest BCUT2D eigenvalue weighted by molar-refractivity contribution is 0.195.